The van der Waals surface area contributed by atoms with Crippen molar-refractivity contribution in [3.63, 3.8) is 0 Å². The molecule has 8 heteroatoms. The zero-order chi connectivity index (χ0) is 28.3. The molecule has 1 fully saturated rings. The lowest BCUT2D eigenvalue weighted by Gasteiger charge is -2.31. The molecule has 0 radical (unpaired) electrons. The molecular formula is C33H29FN4O3. The van der Waals surface area contributed by atoms with Gasteiger partial charge in [0.2, 0.25) is 0 Å². The molecule has 3 heterocycles. The molecule has 1 aliphatic heterocycles. The fourth-order valence-corrected chi connectivity index (χ4v) is 5.18. The van der Waals surface area contributed by atoms with Gasteiger partial charge >= 0.3 is 0 Å². The normalized spacial score (nSPS) is 13.9. The average molecular weight is 549 g/mol. The van der Waals surface area contributed by atoms with Crippen molar-refractivity contribution in [3.8, 4) is 5.69 Å². The van der Waals surface area contributed by atoms with Gasteiger partial charge in [-0.05, 0) is 97.8 Å². The van der Waals surface area contributed by atoms with Crippen LogP contribution in [0.15, 0.2) is 97.3 Å². The first-order valence-electron chi connectivity index (χ1n) is 13.6. The Morgan fingerprint density at radius 1 is 0.878 bits per heavy atom. The molecule has 3 aromatic carbocycles. The van der Waals surface area contributed by atoms with Crippen LogP contribution in [0.4, 0.5) is 15.8 Å². The second-order valence-electron chi connectivity index (χ2n) is 10.3. The van der Waals surface area contributed by atoms with Crippen LogP contribution in [0, 0.1) is 5.82 Å². The van der Waals surface area contributed by atoms with Crippen molar-refractivity contribution < 1.29 is 19.1 Å². The number of pyridine rings is 1. The van der Waals surface area contributed by atoms with Crippen molar-refractivity contribution in [3.05, 3.63) is 120 Å². The van der Waals surface area contributed by atoms with Gasteiger partial charge < -0.3 is 19.9 Å². The molecule has 1 amide bonds. The molecule has 0 saturated carbocycles. The van der Waals surface area contributed by atoms with Gasteiger partial charge in [0.05, 0.1) is 24.2 Å². The van der Waals surface area contributed by atoms with Crippen molar-refractivity contribution in [2.75, 3.05) is 23.3 Å². The Morgan fingerprint density at radius 2 is 1.59 bits per heavy atom. The number of hydrogen-bond donors (Lipinski definition) is 2. The second kappa shape index (κ2) is 11.3. The Kier molecular flexibility index (Phi) is 7.31. The third-order valence-corrected chi connectivity index (χ3v) is 7.50. The van der Waals surface area contributed by atoms with E-state index >= 15 is 0 Å². The summed E-state index contributed by atoms with van der Waals surface area (Å²) in [6.07, 6.45) is 4.46. The van der Waals surface area contributed by atoms with Gasteiger partial charge in [-0.3, -0.25) is 14.6 Å². The quantitative estimate of drug-likeness (QED) is 0.251. The molecule has 0 spiro atoms. The Balaban J connectivity index is 1.11. The molecule has 7 nitrogen and oxygen atoms in total. The van der Waals surface area contributed by atoms with E-state index in [9.17, 15) is 19.1 Å². The van der Waals surface area contributed by atoms with Crippen molar-refractivity contribution in [1.82, 2.24) is 9.55 Å². The van der Waals surface area contributed by atoms with E-state index < -0.39 is 5.82 Å². The number of nitrogens with zero attached hydrogens (tertiary/aromatic N) is 3. The summed E-state index contributed by atoms with van der Waals surface area (Å²) < 4.78 is 15.1. The number of aliphatic hydroxyl groups is 1. The standard InChI is InChI=1S/C33H29FN4O3/c34-25-5-6-26(35-21-25)20-32(40)22-1-10-29(11-2-22)38-18-13-24-19-27(7-12-31(24)38)36-33(41)23-3-8-28(9-4-23)37-16-14-30(39)15-17-37/h1-13,18-19,21,30,39H,14-17,20H2,(H,36,41). The first-order valence-corrected chi connectivity index (χ1v) is 13.6. The number of carbonyl (C=O) groups is 2. The van der Waals surface area contributed by atoms with Crippen molar-refractivity contribution in [1.29, 1.82) is 0 Å². The highest BCUT2D eigenvalue weighted by molar-refractivity contribution is 6.05. The zero-order valence-corrected chi connectivity index (χ0v) is 22.3. The molecule has 0 aliphatic carbocycles. The number of nitrogens with one attached hydrogen (secondary N) is 1. The summed E-state index contributed by atoms with van der Waals surface area (Å²) in [5.74, 6) is -0.699. The number of aliphatic hydroxyl groups excluding tert-OH is 1. The predicted molar refractivity (Wildman–Crippen MR) is 157 cm³/mol. The largest absolute Gasteiger partial charge is 0.393 e. The van der Waals surface area contributed by atoms with E-state index in [2.05, 4.69) is 15.2 Å². The third-order valence-electron chi connectivity index (χ3n) is 7.50. The Hall–Kier alpha value is -4.82. The van der Waals surface area contributed by atoms with Crippen LogP contribution in [-0.2, 0) is 6.42 Å². The van der Waals surface area contributed by atoms with Gasteiger partial charge in [0.15, 0.2) is 5.78 Å². The van der Waals surface area contributed by atoms with Crippen LogP contribution in [-0.4, -0.2) is 45.5 Å². The fraction of sp³-hybridized carbons (Fsp3) is 0.182. The molecular weight excluding hydrogens is 519 g/mol. The number of anilines is 2. The highest BCUT2D eigenvalue weighted by atomic mass is 19.1. The van der Waals surface area contributed by atoms with Crippen molar-refractivity contribution >= 4 is 34.0 Å². The lowest BCUT2D eigenvalue weighted by Crippen LogP contribution is -2.35. The summed E-state index contributed by atoms with van der Waals surface area (Å²) in [7, 11) is 0. The number of hydrogen-bond acceptors (Lipinski definition) is 5. The summed E-state index contributed by atoms with van der Waals surface area (Å²) in [4.78, 5) is 31.8. The first-order chi connectivity index (χ1) is 19.9. The number of carbonyl (C=O) groups excluding carboxylic acids is 2. The number of aromatic nitrogens is 2. The van der Waals surface area contributed by atoms with E-state index in [1.165, 1.54) is 12.1 Å². The summed E-state index contributed by atoms with van der Waals surface area (Å²) in [6.45, 7) is 1.62. The first kappa shape index (κ1) is 26.4. The highest BCUT2D eigenvalue weighted by Crippen LogP contribution is 2.25. The topological polar surface area (TPSA) is 87.5 Å². The molecule has 0 bridgehead atoms. The molecule has 2 aromatic heterocycles. The molecule has 1 aliphatic rings. The fourth-order valence-electron chi connectivity index (χ4n) is 5.18. The van der Waals surface area contributed by atoms with E-state index in [4.69, 9.17) is 0 Å². The smallest absolute Gasteiger partial charge is 0.255 e. The Bertz CT molecular complexity index is 1690. The van der Waals surface area contributed by atoms with E-state index in [0.717, 1.165) is 54.4 Å². The number of rotatable bonds is 7. The number of fused-ring (bicyclic) bond motifs is 1. The second-order valence-corrected chi connectivity index (χ2v) is 10.3. The van der Waals surface area contributed by atoms with Gasteiger partial charge in [0.25, 0.3) is 5.91 Å². The van der Waals surface area contributed by atoms with Gasteiger partial charge in [-0.15, -0.1) is 0 Å². The molecule has 206 valence electrons. The Labute approximate surface area is 236 Å². The minimum Gasteiger partial charge on any atom is -0.393 e. The summed E-state index contributed by atoms with van der Waals surface area (Å²) in [5, 5.41) is 13.7. The maximum Gasteiger partial charge on any atom is 0.255 e. The van der Waals surface area contributed by atoms with Crippen molar-refractivity contribution in [2.24, 2.45) is 0 Å². The van der Waals surface area contributed by atoms with E-state index in [-0.39, 0.29) is 24.2 Å². The minimum absolute atomic E-state index is 0.0885. The molecule has 1 saturated heterocycles. The van der Waals surface area contributed by atoms with E-state index in [1.807, 2.05) is 71.4 Å². The highest BCUT2D eigenvalue weighted by Gasteiger charge is 2.18. The van der Waals surface area contributed by atoms with Crippen LogP contribution in [0.25, 0.3) is 16.6 Å². The van der Waals surface area contributed by atoms with Gasteiger partial charge in [-0.2, -0.15) is 0 Å². The SMILES string of the molecule is O=C(Cc1ccc(F)cn1)c1ccc(-n2ccc3cc(NC(=O)c4ccc(N5CCC(O)CC5)cc4)ccc32)cc1. The minimum atomic E-state index is -0.430. The number of piperidine rings is 1. The number of benzene rings is 3. The third kappa shape index (κ3) is 5.88. The maximum absolute atomic E-state index is 13.1. The summed E-state index contributed by atoms with van der Waals surface area (Å²) in [5.41, 5.74) is 5.28. The molecule has 0 unspecified atom stereocenters. The van der Waals surface area contributed by atoms with Crippen LogP contribution >= 0.6 is 0 Å². The maximum atomic E-state index is 13.1. The van der Waals surface area contributed by atoms with Crippen LogP contribution in [0.2, 0.25) is 0 Å². The van der Waals surface area contributed by atoms with E-state index in [0.29, 0.717) is 22.5 Å². The van der Waals surface area contributed by atoms with Crippen LogP contribution in [0.1, 0.15) is 39.3 Å². The van der Waals surface area contributed by atoms with Crippen LogP contribution in [0.5, 0.6) is 0 Å². The van der Waals surface area contributed by atoms with Gasteiger partial charge in [0, 0.05) is 58.6 Å². The monoisotopic (exact) mass is 548 g/mol. The van der Waals surface area contributed by atoms with Crippen LogP contribution < -0.4 is 10.2 Å². The van der Waals surface area contributed by atoms with Gasteiger partial charge in [-0.1, -0.05) is 0 Å². The molecule has 41 heavy (non-hydrogen) atoms. The lowest BCUT2D eigenvalue weighted by atomic mass is 10.1. The summed E-state index contributed by atoms with van der Waals surface area (Å²) in [6, 6.07) is 25.5. The van der Waals surface area contributed by atoms with Gasteiger partial charge in [0.1, 0.15) is 5.82 Å². The number of halogens is 1. The number of Topliss-reactive ketones (excluding diaryl/α,β-unsaturated/α-hetero) is 1. The van der Waals surface area contributed by atoms with Crippen molar-refractivity contribution in [2.45, 2.75) is 25.4 Å². The van der Waals surface area contributed by atoms with E-state index in [1.54, 1.807) is 12.1 Å². The molecule has 5 aromatic rings. The molecule has 2 N–H and O–H groups in total. The molecule has 0 atom stereocenters. The molecule has 6 rings (SSSR count). The predicted octanol–water partition coefficient (Wildman–Crippen LogP) is 5.80. The number of ketones is 1. The number of amides is 1. The zero-order valence-electron chi connectivity index (χ0n) is 22.3. The van der Waals surface area contributed by atoms with Crippen LogP contribution in [0.3, 0.4) is 0 Å². The summed E-state index contributed by atoms with van der Waals surface area (Å²) >= 11 is 0. The lowest BCUT2D eigenvalue weighted by molar-refractivity contribution is 0.0990. The Morgan fingerprint density at radius 3 is 2.29 bits per heavy atom. The van der Waals surface area contributed by atoms with Gasteiger partial charge in [-0.25, -0.2) is 4.39 Å². The average Bonchev–Trinajstić information content (AvgIpc) is 3.42.